The van der Waals surface area contributed by atoms with Crippen molar-refractivity contribution >= 4 is 37.2 Å². The van der Waals surface area contributed by atoms with Crippen LogP contribution < -0.4 is 16.2 Å². The predicted molar refractivity (Wildman–Crippen MR) is 161 cm³/mol. The van der Waals surface area contributed by atoms with Gasteiger partial charge in [0.05, 0.1) is 29.5 Å². The lowest BCUT2D eigenvalue weighted by molar-refractivity contribution is -0.143. The molecular weight excluding hydrogens is 524 g/mol. The van der Waals surface area contributed by atoms with E-state index >= 15 is 0 Å². The molecule has 0 bridgehead atoms. The first-order chi connectivity index (χ1) is 18.4. The van der Waals surface area contributed by atoms with Crippen LogP contribution in [-0.2, 0) is 39.3 Å². The van der Waals surface area contributed by atoms with Gasteiger partial charge in [0.25, 0.3) is 0 Å². The highest BCUT2D eigenvalue weighted by atomic mass is 16.7. The van der Waals surface area contributed by atoms with Gasteiger partial charge in [0.15, 0.2) is 0 Å². The van der Waals surface area contributed by atoms with Crippen LogP contribution in [0.15, 0.2) is 0 Å². The van der Waals surface area contributed by atoms with E-state index in [0.29, 0.717) is 0 Å². The van der Waals surface area contributed by atoms with Crippen LogP contribution in [0, 0.1) is 20.8 Å². The summed E-state index contributed by atoms with van der Waals surface area (Å²) < 4.78 is 36.6. The summed E-state index contributed by atoms with van der Waals surface area (Å²) in [5, 5.41) is 2.71. The summed E-state index contributed by atoms with van der Waals surface area (Å²) in [4.78, 5) is 25.7. The Labute approximate surface area is 247 Å². The molecule has 2 saturated heterocycles. The highest BCUT2D eigenvalue weighted by Gasteiger charge is 2.55. The third-order valence-corrected chi connectivity index (χ3v) is 9.08. The number of esters is 1. The highest BCUT2D eigenvalue weighted by Crippen LogP contribution is 2.39. The number of amides is 1. The van der Waals surface area contributed by atoms with E-state index in [9.17, 15) is 9.59 Å². The molecule has 2 aliphatic rings. The molecule has 1 N–H and O–H groups in total. The Kier molecular flexibility index (Phi) is 8.88. The van der Waals surface area contributed by atoms with Crippen LogP contribution in [0.5, 0.6) is 0 Å². The molecular formula is C30H49B2NO8. The van der Waals surface area contributed by atoms with Crippen LogP contribution in [0.3, 0.4) is 0 Å². The standard InChI is InChI=1S/C30H49B2NO8/c1-17-20(16-21(24(34)36-15)33-25(35)37-26(4,5)6)18(2)23(32-40-29(11,12)30(13,14)41-32)19(3)22(17)31-38-27(7,8)28(9,10)39-31/h21H,16H2,1-15H3,(H,33,35)/t21-/m0/s1. The van der Waals surface area contributed by atoms with E-state index in [1.54, 1.807) is 20.8 Å². The topological polar surface area (TPSA) is 102 Å². The summed E-state index contributed by atoms with van der Waals surface area (Å²) >= 11 is 0. The molecule has 1 amide bonds. The molecule has 11 heteroatoms. The zero-order valence-electron chi connectivity index (χ0n) is 27.7. The SMILES string of the molecule is COC(=O)[C@H](Cc1c(C)c(B2OC(C)(C)C(C)(C)O2)c(C)c(B2OC(C)(C)C(C)(C)O2)c1C)NC(=O)OC(C)(C)C. The zero-order valence-corrected chi connectivity index (χ0v) is 27.7. The van der Waals surface area contributed by atoms with E-state index in [-0.39, 0.29) is 6.42 Å². The third kappa shape index (κ3) is 6.48. The molecule has 2 heterocycles. The summed E-state index contributed by atoms with van der Waals surface area (Å²) in [6.07, 6.45) is -0.546. The van der Waals surface area contributed by atoms with Crippen molar-refractivity contribution in [3.05, 3.63) is 22.3 Å². The molecule has 3 rings (SSSR count). The molecule has 228 valence electrons. The maximum atomic E-state index is 12.9. The van der Waals surface area contributed by atoms with Crippen molar-refractivity contribution in [2.45, 2.75) is 137 Å². The number of alkyl carbamates (subject to hydrolysis) is 1. The Morgan fingerprint density at radius 3 is 1.44 bits per heavy atom. The van der Waals surface area contributed by atoms with Crippen molar-refractivity contribution in [1.29, 1.82) is 0 Å². The molecule has 2 aliphatic heterocycles. The minimum absolute atomic E-state index is 0.156. The van der Waals surface area contributed by atoms with Crippen LogP contribution in [0.2, 0.25) is 0 Å². The van der Waals surface area contributed by atoms with Gasteiger partial charge in [0.1, 0.15) is 11.6 Å². The van der Waals surface area contributed by atoms with E-state index in [2.05, 4.69) is 5.32 Å². The monoisotopic (exact) mass is 573 g/mol. The van der Waals surface area contributed by atoms with Crippen LogP contribution in [0.1, 0.15) is 98.4 Å². The smallest absolute Gasteiger partial charge is 0.467 e. The predicted octanol–water partition coefficient (Wildman–Crippen LogP) is 3.82. The summed E-state index contributed by atoms with van der Waals surface area (Å²) in [5.41, 5.74) is 2.35. The number of benzene rings is 1. The second kappa shape index (κ2) is 10.9. The van der Waals surface area contributed by atoms with Gasteiger partial charge in [-0.2, -0.15) is 0 Å². The van der Waals surface area contributed by atoms with Gasteiger partial charge >= 0.3 is 26.3 Å². The Morgan fingerprint density at radius 2 is 1.12 bits per heavy atom. The number of carbonyl (C=O) groups is 2. The van der Waals surface area contributed by atoms with Crippen molar-refractivity contribution in [2.24, 2.45) is 0 Å². The maximum absolute atomic E-state index is 12.9. The average molecular weight is 573 g/mol. The molecule has 0 saturated carbocycles. The second-order valence-corrected chi connectivity index (χ2v) is 14.3. The Hall–Kier alpha value is -2.07. The van der Waals surface area contributed by atoms with Crippen molar-refractivity contribution in [3.8, 4) is 0 Å². The summed E-state index contributed by atoms with van der Waals surface area (Å²) in [7, 11) is -0.0149. The fourth-order valence-electron chi connectivity index (χ4n) is 5.24. The molecule has 0 radical (unpaired) electrons. The van der Waals surface area contributed by atoms with Crippen LogP contribution in [0.25, 0.3) is 0 Å². The zero-order chi connectivity index (χ0) is 31.5. The Morgan fingerprint density at radius 1 is 0.756 bits per heavy atom. The first-order valence-corrected chi connectivity index (χ1v) is 14.4. The Balaban J connectivity index is 2.19. The van der Waals surface area contributed by atoms with Crippen molar-refractivity contribution in [3.63, 3.8) is 0 Å². The van der Waals surface area contributed by atoms with Crippen LogP contribution in [-0.4, -0.2) is 67.5 Å². The minimum atomic E-state index is -0.993. The molecule has 2 fully saturated rings. The van der Waals surface area contributed by atoms with E-state index in [1.807, 2.05) is 76.2 Å². The molecule has 0 spiro atoms. The van der Waals surface area contributed by atoms with Crippen molar-refractivity contribution in [2.75, 3.05) is 7.11 Å². The van der Waals surface area contributed by atoms with Crippen LogP contribution in [0.4, 0.5) is 4.79 Å². The van der Waals surface area contributed by atoms with Gasteiger partial charge in [-0.3, -0.25) is 0 Å². The van der Waals surface area contributed by atoms with E-state index < -0.39 is 60.3 Å². The molecule has 1 aromatic carbocycles. The lowest BCUT2D eigenvalue weighted by Gasteiger charge is -2.32. The third-order valence-electron chi connectivity index (χ3n) is 9.08. The molecule has 1 atom stereocenters. The van der Waals surface area contributed by atoms with Gasteiger partial charge in [-0.25, -0.2) is 9.59 Å². The maximum Gasteiger partial charge on any atom is 0.495 e. The molecule has 0 aromatic heterocycles. The lowest BCUT2D eigenvalue weighted by Crippen LogP contribution is -2.49. The minimum Gasteiger partial charge on any atom is -0.467 e. The fraction of sp³-hybridized carbons (Fsp3) is 0.733. The number of ether oxygens (including phenoxy) is 2. The van der Waals surface area contributed by atoms with Gasteiger partial charge in [-0.15, -0.1) is 0 Å². The van der Waals surface area contributed by atoms with E-state index in [4.69, 9.17) is 28.1 Å². The number of hydrogen-bond acceptors (Lipinski definition) is 8. The van der Waals surface area contributed by atoms with Gasteiger partial charge < -0.3 is 33.4 Å². The first-order valence-electron chi connectivity index (χ1n) is 14.4. The molecule has 0 aliphatic carbocycles. The summed E-state index contributed by atoms with van der Waals surface area (Å²) in [5.74, 6) is -0.579. The van der Waals surface area contributed by atoms with Crippen molar-refractivity contribution in [1.82, 2.24) is 5.32 Å². The summed E-state index contributed by atoms with van der Waals surface area (Å²) in [6.45, 7) is 27.4. The fourth-order valence-corrected chi connectivity index (χ4v) is 5.24. The van der Waals surface area contributed by atoms with E-state index in [1.165, 1.54) is 7.11 Å². The molecule has 0 unspecified atom stereocenters. The lowest BCUT2D eigenvalue weighted by atomic mass is 9.63. The molecule has 41 heavy (non-hydrogen) atoms. The normalized spacial score (nSPS) is 21.5. The van der Waals surface area contributed by atoms with Gasteiger partial charge in [0, 0.05) is 6.42 Å². The molecule has 1 aromatic rings. The summed E-state index contributed by atoms with van der Waals surface area (Å²) in [6, 6.07) is -0.993. The number of nitrogens with one attached hydrogen (secondary N) is 1. The van der Waals surface area contributed by atoms with Gasteiger partial charge in [-0.1, -0.05) is 5.56 Å². The van der Waals surface area contributed by atoms with Crippen LogP contribution >= 0.6 is 0 Å². The quantitative estimate of drug-likeness (QED) is 0.405. The average Bonchev–Trinajstić information content (AvgIpc) is 3.12. The second-order valence-electron chi connectivity index (χ2n) is 14.3. The number of hydrogen-bond donors (Lipinski definition) is 1. The van der Waals surface area contributed by atoms with E-state index in [0.717, 1.165) is 33.2 Å². The number of rotatable bonds is 6. The first kappa shape index (κ1) is 33.4. The largest absolute Gasteiger partial charge is 0.495 e. The number of carbonyl (C=O) groups excluding carboxylic acids is 2. The molecule has 9 nitrogen and oxygen atoms in total. The van der Waals surface area contributed by atoms with Gasteiger partial charge in [-0.05, 0) is 125 Å². The van der Waals surface area contributed by atoms with Crippen molar-refractivity contribution < 1.29 is 37.7 Å². The van der Waals surface area contributed by atoms with Gasteiger partial charge in [0.2, 0.25) is 0 Å². The Bertz CT molecular complexity index is 1110. The highest BCUT2D eigenvalue weighted by molar-refractivity contribution is 6.67. The number of methoxy groups -OCH3 is 1.